The van der Waals surface area contributed by atoms with Crippen LogP contribution < -0.4 is 0 Å². The molecule has 0 aliphatic carbocycles. The topological polar surface area (TPSA) is 51.4 Å². The summed E-state index contributed by atoms with van der Waals surface area (Å²) in [6.07, 6.45) is 2.25. The second-order valence-corrected chi connectivity index (χ2v) is 7.32. The van der Waals surface area contributed by atoms with Crippen molar-refractivity contribution in [2.24, 2.45) is 0 Å². The van der Waals surface area contributed by atoms with Crippen LogP contribution in [-0.2, 0) is 17.8 Å². The predicted octanol–water partition coefficient (Wildman–Crippen LogP) is 4.71. The monoisotopic (exact) mass is 401 g/mol. The van der Waals surface area contributed by atoms with E-state index in [4.69, 9.17) is 20.8 Å². The zero-order valence-corrected chi connectivity index (χ0v) is 16.1. The summed E-state index contributed by atoms with van der Waals surface area (Å²) in [5, 5.41) is 8.87. The Kier molecular flexibility index (Phi) is 6.00. The standard InChI is InChI=1S/C21H21ClFN3O2/c22-19-9-2-1-8-18(19)21-25-24-20(28-21)14-26(13-17-7-4-10-27-17)12-15-5-3-6-16(23)11-15/h1-3,5-6,8-9,11,17H,4,7,10,12-14H2. The molecule has 0 bridgehead atoms. The fourth-order valence-electron chi connectivity index (χ4n) is 3.41. The molecule has 28 heavy (non-hydrogen) atoms. The van der Waals surface area contributed by atoms with Crippen molar-refractivity contribution in [3.8, 4) is 11.5 Å². The van der Waals surface area contributed by atoms with E-state index in [9.17, 15) is 4.39 Å². The Labute approximate surface area is 168 Å². The summed E-state index contributed by atoms with van der Waals surface area (Å²) in [5.41, 5.74) is 1.60. The molecule has 3 aromatic rings. The second kappa shape index (κ2) is 8.82. The summed E-state index contributed by atoms with van der Waals surface area (Å²) >= 11 is 6.22. The van der Waals surface area contributed by atoms with Gasteiger partial charge in [0.05, 0.1) is 23.2 Å². The van der Waals surface area contributed by atoms with E-state index in [1.54, 1.807) is 18.2 Å². The first-order valence-corrected chi connectivity index (χ1v) is 9.71. The van der Waals surface area contributed by atoms with Gasteiger partial charge in [0.15, 0.2) is 0 Å². The third kappa shape index (κ3) is 4.76. The second-order valence-electron chi connectivity index (χ2n) is 6.92. The van der Waals surface area contributed by atoms with Gasteiger partial charge in [0.2, 0.25) is 11.8 Å². The molecule has 0 saturated carbocycles. The molecule has 1 atom stereocenters. The van der Waals surface area contributed by atoms with Crippen LogP contribution in [0.15, 0.2) is 52.9 Å². The molecule has 2 heterocycles. The summed E-state index contributed by atoms with van der Waals surface area (Å²) in [6, 6.07) is 14.0. The Hall–Kier alpha value is -2.28. The molecule has 2 aromatic carbocycles. The largest absolute Gasteiger partial charge is 0.419 e. The average molecular weight is 402 g/mol. The van der Waals surface area contributed by atoms with E-state index in [0.717, 1.165) is 31.6 Å². The minimum atomic E-state index is -0.242. The molecule has 7 heteroatoms. The van der Waals surface area contributed by atoms with Crippen LogP contribution >= 0.6 is 11.6 Å². The van der Waals surface area contributed by atoms with Crippen LogP contribution in [0.4, 0.5) is 4.39 Å². The number of hydrogen-bond donors (Lipinski definition) is 0. The molecule has 1 aliphatic heterocycles. The van der Waals surface area contributed by atoms with Crippen LogP contribution in [0.2, 0.25) is 5.02 Å². The van der Waals surface area contributed by atoms with Crippen LogP contribution in [0, 0.1) is 5.82 Å². The molecule has 1 unspecified atom stereocenters. The van der Waals surface area contributed by atoms with E-state index >= 15 is 0 Å². The van der Waals surface area contributed by atoms with Crippen LogP contribution in [-0.4, -0.2) is 34.4 Å². The van der Waals surface area contributed by atoms with Crippen molar-refractivity contribution in [3.05, 3.63) is 70.8 Å². The van der Waals surface area contributed by atoms with Crippen molar-refractivity contribution in [2.75, 3.05) is 13.2 Å². The minimum Gasteiger partial charge on any atom is -0.419 e. The van der Waals surface area contributed by atoms with Gasteiger partial charge in [-0.2, -0.15) is 0 Å². The predicted molar refractivity (Wildman–Crippen MR) is 104 cm³/mol. The number of nitrogens with zero attached hydrogens (tertiary/aromatic N) is 3. The average Bonchev–Trinajstić information content (AvgIpc) is 3.34. The SMILES string of the molecule is Fc1cccc(CN(Cc2nnc(-c3ccccc3Cl)o2)CC2CCCO2)c1. The molecule has 1 aliphatic rings. The van der Waals surface area contributed by atoms with E-state index < -0.39 is 0 Å². The Morgan fingerprint density at radius 3 is 2.79 bits per heavy atom. The van der Waals surface area contributed by atoms with E-state index in [2.05, 4.69) is 15.1 Å². The maximum absolute atomic E-state index is 13.6. The van der Waals surface area contributed by atoms with E-state index in [1.165, 1.54) is 6.07 Å². The van der Waals surface area contributed by atoms with Crippen molar-refractivity contribution in [2.45, 2.75) is 32.0 Å². The number of benzene rings is 2. The fourth-order valence-corrected chi connectivity index (χ4v) is 3.62. The van der Waals surface area contributed by atoms with Gasteiger partial charge in [0, 0.05) is 19.7 Å². The van der Waals surface area contributed by atoms with Crippen LogP contribution in [0.1, 0.15) is 24.3 Å². The zero-order valence-electron chi connectivity index (χ0n) is 15.4. The first kappa shape index (κ1) is 19.1. The van der Waals surface area contributed by atoms with Gasteiger partial charge in [-0.3, -0.25) is 4.90 Å². The van der Waals surface area contributed by atoms with Gasteiger partial charge in [0.25, 0.3) is 0 Å². The Morgan fingerprint density at radius 2 is 2.00 bits per heavy atom. The highest BCUT2D eigenvalue weighted by Gasteiger charge is 2.22. The normalized spacial score (nSPS) is 16.8. The van der Waals surface area contributed by atoms with E-state index in [-0.39, 0.29) is 11.9 Å². The molecule has 5 nitrogen and oxygen atoms in total. The van der Waals surface area contributed by atoms with Gasteiger partial charge in [-0.25, -0.2) is 4.39 Å². The molecule has 1 fully saturated rings. The maximum atomic E-state index is 13.6. The molecular weight excluding hydrogens is 381 g/mol. The molecule has 0 radical (unpaired) electrons. The Morgan fingerprint density at radius 1 is 1.11 bits per heavy atom. The maximum Gasteiger partial charge on any atom is 0.249 e. The lowest BCUT2D eigenvalue weighted by Gasteiger charge is -2.23. The van der Waals surface area contributed by atoms with Crippen LogP contribution in [0.5, 0.6) is 0 Å². The number of hydrogen-bond acceptors (Lipinski definition) is 5. The summed E-state index contributed by atoms with van der Waals surface area (Å²) in [7, 11) is 0. The fraction of sp³-hybridized carbons (Fsp3) is 0.333. The van der Waals surface area contributed by atoms with Crippen molar-refractivity contribution < 1.29 is 13.5 Å². The van der Waals surface area contributed by atoms with Gasteiger partial charge in [-0.1, -0.05) is 35.9 Å². The quantitative estimate of drug-likeness (QED) is 0.573. The highest BCUT2D eigenvalue weighted by molar-refractivity contribution is 6.33. The molecular formula is C21H21ClFN3O2. The van der Waals surface area contributed by atoms with Crippen molar-refractivity contribution in [3.63, 3.8) is 0 Å². The van der Waals surface area contributed by atoms with Gasteiger partial charge in [-0.15, -0.1) is 10.2 Å². The van der Waals surface area contributed by atoms with Crippen LogP contribution in [0.3, 0.4) is 0 Å². The lowest BCUT2D eigenvalue weighted by molar-refractivity contribution is 0.0649. The first-order valence-electron chi connectivity index (χ1n) is 9.33. The van der Waals surface area contributed by atoms with E-state index in [0.29, 0.717) is 35.5 Å². The van der Waals surface area contributed by atoms with Crippen molar-refractivity contribution >= 4 is 11.6 Å². The van der Waals surface area contributed by atoms with Gasteiger partial charge in [-0.05, 0) is 42.7 Å². The van der Waals surface area contributed by atoms with E-state index in [1.807, 2.05) is 24.3 Å². The number of ether oxygens (including phenoxy) is 1. The minimum absolute atomic E-state index is 0.166. The summed E-state index contributed by atoms with van der Waals surface area (Å²) < 4.78 is 25.2. The molecule has 0 spiro atoms. The lowest BCUT2D eigenvalue weighted by Crippen LogP contribution is -2.31. The lowest BCUT2D eigenvalue weighted by atomic mass is 10.1. The highest BCUT2D eigenvalue weighted by atomic mass is 35.5. The zero-order chi connectivity index (χ0) is 19.3. The van der Waals surface area contributed by atoms with Gasteiger partial charge >= 0.3 is 0 Å². The summed E-state index contributed by atoms with van der Waals surface area (Å²) in [5.74, 6) is 0.640. The molecule has 0 N–H and O–H groups in total. The Bertz CT molecular complexity index is 927. The van der Waals surface area contributed by atoms with Crippen LogP contribution in [0.25, 0.3) is 11.5 Å². The third-order valence-electron chi connectivity index (χ3n) is 4.71. The first-order chi connectivity index (χ1) is 13.7. The number of halogens is 2. The smallest absolute Gasteiger partial charge is 0.249 e. The highest BCUT2D eigenvalue weighted by Crippen LogP contribution is 2.26. The molecule has 4 rings (SSSR count). The number of aromatic nitrogens is 2. The number of rotatable bonds is 7. The molecule has 1 saturated heterocycles. The van der Waals surface area contributed by atoms with Crippen molar-refractivity contribution in [1.29, 1.82) is 0 Å². The van der Waals surface area contributed by atoms with Crippen molar-refractivity contribution in [1.82, 2.24) is 15.1 Å². The summed E-state index contributed by atoms with van der Waals surface area (Å²) in [4.78, 5) is 2.15. The molecule has 1 aromatic heterocycles. The molecule has 146 valence electrons. The third-order valence-corrected chi connectivity index (χ3v) is 5.04. The Balaban J connectivity index is 1.51. The van der Waals surface area contributed by atoms with Gasteiger partial charge in [0.1, 0.15) is 5.82 Å². The van der Waals surface area contributed by atoms with Gasteiger partial charge < -0.3 is 9.15 Å². The molecule has 0 amide bonds. The summed E-state index contributed by atoms with van der Waals surface area (Å²) in [6.45, 7) is 2.53.